The first-order valence-electron chi connectivity index (χ1n) is 10.0. The summed E-state index contributed by atoms with van der Waals surface area (Å²) in [5.74, 6) is 3.70. The van der Waals surface area contributed by atoms with Crippen LogP contribution in [0.1, 0.15) is 30.9 Å². The van der Waals surface area contributed by atoms with Gasteiger partial charge in [-0.15, -0.1) is 24.0 Å². The summed E-state index contributed by atoms with van der Waals surface area (Å²) in [4.78, 5) is 4.71. The molecule has 1 unspecified atom stereocenters. The molecule has 7 nitrogen and oxygen atoms in total. The van der Waals surface area contributed by atoms with Crippen molar-refractivity contribution in [3.05, 3.63) is 47.5 Å². The van der Waals surface area contributed by atoms with Gasteiger partial charge in [0.1, 0.15) is 5.75 Å². The highest BCUT2D eigenvalue weighted by Gasteiger charge is 2.14. The summed E-state index contributed by atoms with van der Waals surface area (Å²) in [7, 11) is 6.50. The van der Waals surface area contributed by atoms with Gasteiger partial charge in [0.15, 0.2) is 17.5 Å². The van der Waals surface area contributed by atoms with Crippen molar-refractivity contribution in [3.63, 3.8) is 0 Å². The van der Waals surface area contributed by atoms with Gasteiger partial charge in [-0.25, -0.2) is 4.99 Å². The minimum Gasteiger partial charge on any atom is -0.496 e. The summed E-state index contributed by atoms with van der Waals surface area (Å²) in [5, 5.41) is 6.70. The van der Waals surface area contributed by atoms with Crippen LogP contribution in [0.2, 0.25) is 0 Å². The quantitative estimate of drug-likeness (QED) is 0.266. The summed E-state index contributed by atoms with van der Waals surface area (Å²) >= 11 is 0. The van der Waals surface area contributed by atoms with Crippen molar-refractivity contribution in [3.8, 4) is 23.0 Å². The maximum absolute atomic E-state index is 5.48. The van der Waals surface area contributed by atoms with Crippen molar-refractivity contribution in [2.45, 2.75) is 26.3 Å². The molecular weight excluding hydrogens is 509 g/mol. The molecule has 0 saturated heterocycles. The Kier molecular flexibility index (Phi) is 11.9. The zero-order valence-corrected chi connectivity index (χ0v) is 21.5. The third-order valence-electron chi connectivity index (χ3n) is 4.73. The Labute approximate surface area is 202 Å². The van der Waals surface area contributed by atoms with Crippen LogP contribution < -0.4 is 29.6 Å². The van der Waals surface area contributed by atoms with Crippen LogP contribution in [0.5, 0.6) is 23.0 Å². The molecule has 8 heteroatoms. The van der Waals surface area contributed by atoms with Crippen LogP contribution >= 0.6 is 24.0 Å². The third kappa shape index (κ3) is 7.37. The fourth-order valence-electron chi connectivity index (χ4n) is 3.17. The predicted molar refractivity (Wildman–Crippen MR) is 136 cm³/mol. The topological polar surface area (TPSA) is 73.3 Å². The average Bonchev–Trinajstić information content (AvgIpc) is 2.79. The Hall–Kier alpha value is -2.36. The number of guanidine groups is 1. The average molecular weight is 543 g/mol. The lowest BCUT2D eigenvalue weighted by Gasteiger charge is -2.18. The van der Waals surface area contributed by atoms with Crippen LogP contribution in [-0.4, -0.2) is 47.5 Å². The number of para-hydroxylation sites is 1. The maximum atomic E-state index is 5.48. The van der Waals surface area contributed by atoms with Crippen molar-refractivity contribution in [1.82, 2.24) is 10.6 Å². The zero-order valence-electron chi connectivity index (χ0n) is 19.2. The Balaban J connectivity index is 0.00000480. The molecule has 0 aromatic heterocycles. The molecule has 0 aliphatic carbocycles. The molecule has 0 aliphatic heterocycles. The van der Waals surface area contributed by atoms with Gasteiger partial charge in [0.05, 0.1) is 35.0 Å². The largest absolute Gasteiger partial charge is 0.496 e. The number of nitrogens with zero attached hydrogens (tertiary/aromatic N) is 1. The Morgan fingerprint density at radius 1 is 0.903 bits per heavy atom. The number of rotatable bonds is 10. The van der Waals surface area contributed by atoms with Crippen LogP contribution in [0.3, 0.4) is 0 Å². The summed E-state index contributed by atoms with van der Waals surface area (Å²) in [6, 6.07) is 11.9. The molecule has 0 bridgehead atoms. The summed E-state index contributed by atoms with van der Waals surface area (Å²) in [6.07, 6.45) is 0. The van der Waals surface area contributed by atoms with E-state index in [0.29, 0.717) is 23.8 Å². The first-order chi connectivity index (χ1) is 14.6. The number of aliphatic imine (C=N–C) groups is 1. The highest BCUT2D eigenvalue weighted by atomic mass is 127. The van der Waals surface area contributed by atoms with Crippen LogP contribution in [0.4, 0.5) is 0 Å². The van der Waals surface area contributed by atoms with Crippen LogP contribution in [0, 0.1) is 0 Å². The van der Waals surface area contributed by atoms with Gasteiger partial charge in [0.25, 0.3) is 0 Å². The van der Waals surface area contributed by atoms with E-state index in [2.05, 4.69) is 23.6 Å². The van der Waals surface area contributed by atoms with E-state index in [0.717, 1.165) is 35.9 Å². The van der Waals surface area contributed by atoms with Gasteiger partial charge in [0, 0.05) is 19.0 Å². The van der Waals surface area contributed by atoms with E-state index in [1.165, 1.54) is 0 Å². The van der Waals surface area contributed by atoms with Gasteiger partial charge in [-0.2, -0.15) is 0 Å². The normalized spacial score (nSPS) is 11.7. The molecule has 0 saturated carbocycles. The van der Waals surface area contributed by atoms with Crippen molar-refractivity contribution in [1.29, 1.82) is 0 Å². The van der Waals surface area contributed by atoms with E-state index in [1.54, 1.807) is 28.4 Å². The lowest BCUT2D eigenvalue weighted by molar-refractivity contribution is 0.324. The lowest BCUT2D eigenvalue weighted by Crippen LogP contribution is -2.39. The van der Waals surface area contributed by atoms with Crippen LogP contribution in [0.15, 0.2) is 41.4 Å². The lowest BCUT2D eigenvalue weighted by atomic mass is 10.0. The van der Waals surface area contributed by atoms with E-state index < -0.39 is 0 Å². The minimum absolute atomic E-state index is 0. The number of benzene rings is 2. The summed E-state index contributed by atoms with van der Waals surface area (Å²) < 4.78 is 21.7. The Morgan fingerprint density at radius 2 is 1.52 bits per heavy atom. The number of hydrogen-bond donors (Lipinski definition) is 2. The second-order valence-corrected chi connectivity index (χ2v) is 6.75. The molecule has 0 aliphatic rings. The predicted octanol–water partition coefficient (Wildman–Crippen LogP) is 4.20. The van der Waals surface area contributed by atoms with E-state index in [4.69, 9.17) is 23.9 Å². The molecule has 2 N–H and O–H groups in total. The molecule has 2 aromatic rings. The number of halogens is 1. The second kappa shape index (κ2) is 13.8. The highest BCUT2D eigenvalue weighted by Crippen LogP contribution is 2.38. The number of methoxy groups -OCH3 is 4. The van der Waals surface area contributed by atoms with Crippen molar-refractivity contribution < 1.29 is 18.9 Å². The van der Waals surface area contributed by atoms with E-state index in [9.17, 15) is 0 Å². The molecule has 172 valence electrons. The summed E-state index contributed by atoms with van der Waals surface area (Å²) in [6.45, 7) is 6.16. The molecule has 2 rings (SSSR count). The minimum atomic E-state index is 0. The van der Waals surface area contributed by atoms with Crippen molar-refractivity contribution >= 4 is 29.9 Å². The third-order valence-corrected chi connectivity index (χ3v) is 4.73. The van der Waals surface area contributed by atoms with Gasteiger partial charge < -0.3 is 29.6 Å². The molecular formula is C23H34IN3O4. The van der Waals surface area contributed by atoms with Gasteiger partial charge in [-0.3, -0.25) is 0 Å². The molecule has 2 aromatic carbocycles. The first-order valence-corrected chi connectivity index (χ1v) is 10.0. The highest BCUT2D eigenvalue weighted by molar-refractivity contribution is 14.0. The van der Waals surface area contributed by atoms with Gasteiger partial charge in [-0.1, -0.05) is 25.1 Å². The molecule has 0 heterocycles. The van der Waals surface area contributed by atoms with Crippen LogP contribution in [-0.2, 0) is 6.54 Å². The smallest absolute Gasteiger partial charge is 0.203 e. The molecule has 0 fully saturated rings. The zero-order chi connectivity index (χ0) is 21.9. The first kappa shape index (κ1) is 26.7. The second-order valence-electron chi connectivity index (χ2n) is 6.75. The van der Waals surface area contributed by atoms with E-state index in [1.807, 2.05) is 37.3 Å². The summed E-state index contributed by atoms with van der Waals surface area (Å²) in [5.41, 5.74) is 2.12. The van der Waals surface area contributed by atoms with Gasteiger partial charge in [0.2, 0.25) is 5.75 Å². The van der Waals surface area contributed by atoms with Gasteiger partial charge >= 0.3 is 0 Å². The SMILES string of the molecule is CCNC(=NCc1cc(OC)c(OC)c(OC)c1)NCC(C)c1ccccc1OC.I. The van der Waals surface area contributed by atoms with E-state index >= 15 is 0 Å². The molecule has 31 heavy (non-hydrogen) atoms. The fourth-order valence-corrected chi connectivity index (χ4v) is 3.17. The van der Waals surface area contributed by atoms with Gasteiger partial charge in [-0.05, 0) is 36.2 Å². The standard InChI is InChI=1S/C23H33N3O4.HI/c1-7-24-23(25-14-16(2)18-10-8-9-11-19(18)27-3)26-15-17-12-20(28-4)22(30-6)21(13-17)29-5;/h8-13,16H,7,14-15H2,1-6H3,(H2,24,25,26);1H. The number of nitrogens with one attached hydrogen (secondary N) is 2. The fraction of sp³-hybridized carbons (Fsp3) is 0.435. The monoisotopic (exact) mass is 543 g/mol. The molecule has 1 atom stereocenters. The Bertz CT molecular complexity index is 820. The Morgan fingerprint density at radius 3 is 2.06 bits per heavy atom. The maximum Gasteiger partial charge on any atom is 0.203 e. The molecule has 0 radical (unpaired) electrons. The van der Waals surface area contributed by atoms with Crippen LogP contribution in [0.25, 0.3) is 0 Å². The number of ether oxygens (including phenoxy) is 4. The van der Waals surface area contributed by atoms with Crippen molar-refractivity contribution in [2.24, 2.45) is 4.99 Å². The van der Waals surface area contributed by atoms with E-state index in [-0.39, 0.29) is 29.9 Å². The molecule has 0 amide bonds. The molecule has 0 spiro atoms. The number of hydrogen-bond acceptors (Lipinski definition) is 5. The van der Waals surface area contributed by atoms with Crippen molar-refractivity contribution in [2.75, 3.05) is 41.5 Å².